The maximum absolute atomic E-state index is 8.59. The molecule has 1 aromatic carbocycles. The molecule has 0 heterocycles. The molecule has 0 bridgehead atoms. The number of carboxylic acid groups (broad SMARTS) is 2. The van der Waals surface area contributed by atoms with Crippen LogP contribution in [0.5, 0.6) is 0 Å². The molecule has 0 aliphatic heterocycles. The van der Waals surface area contributed by atoms with Gasteiger partial charge in [0.15, 0.2) is 0 Å². The van der Waals surface area contributed by atoms with Crippen LogP contribution in [0.2, 0.25) is 0 Å². The average Bonchev–Trinajstić information content (AvgIpc) is 2.05. The summed E-state index contributed by atoms with van der Waals surface area (Å²) in [6.45, 7) is 0.0836. The van der Waals surface area contributed by atoms with Gasteiger partial charge in [-0.2, -0.15) is 0 Å². The Morgan fingerprint density at radius 3 is 1.92 bits per heavy atom. The van der Waals surface area contributed by atoms with Gasteiger partial charge in [0.1, 0.15) is 0 Å². The van der Waals surface area contributed by atoms with Crippen molar-refractivity contribution >= 4 is 11.8 Å². The molecular formula is C8H11NO4. The van der Waals surface area contributed by atoms with Crippen molar-refractivity contribution in [2.45, 2.75) is 6.61 Å². The third kappa shape index (κ3) is 6.64. The van der Waals surface area contributed by atoms with Crippen LogP contribution in [-0.2, 0) is 6.61 Å². The molecule has 72 valence electrons. The van der Waals surface area contributed by atoms with E-state index in [4.69, 9.17) is 25.8 Å². The number of carbonyl (C=O) groups is 1. The van der Waals surface area contributed by atoms with Crippen LogP contribution >= 0.6 is 0 Å². The maximum atomic E-state index is 8.59. The predicted molar refractivity (Wildman–Crippen MR) is 47.4 cm³/mol. The monoisotopic (exact) mass is 185 g/mol. The SMILES string of the molecule is Nc1ccc(CO)cc1.O=C(O)O. The van der Waals surface area contributed by atoms with Crippen LogP contribution < -0.4 is 5.73 Å². The zero-order valence-electron chi connectivity index (χ0n) is 6.84. The molecule has 0 saturated carbocycles. The molecule has 13 heavy (non-hydrogen) atoms. The van der Waals surface area contributed by atoms with Gasteiger partial charge in [-0.05, 0) is 17.7 Å². The standard InChI is InChI=1S/C7H9NO.CH2O3/c8-7-3-1-6(5-9)2-4-7;2-1(3)4/h1-4,9H,5,8H2;(H2,2,3,4). The van der Waals surface area contributed by atoms with E-state index in [0.29, 0.717) is 0 Å². The molecule has 5 N–H and O–H groups in total. The minimum absolute atomic E-state index is 0.0836. The molecule has 1 aromatic rings. The topological polar surface area (TPSA) is 104 Å². The first kappa shape index (κ1) is 11.2. The van der Waals surface area contributed by atoms with Crippen LogP contribution in [-0.4, -0.2) is 21.5 Å². The number of benzene rings is 1. The second kappa shape index (κ2) is 5.84. The third-order valence-corrected chi connectivity index (χ3v) is 1.16. The Hall–Kier alpha value is -1.75. The molecule has 0 aliphatic rings. The van der Waals surface area contributed by atoms with E-state index in [1.807, 2.05) is 0 Å². The Labute approximate surface area is 75.1 Å². The molecule has 0 atom stereocenters. The summed E-state index contributed by atoms with van der Waals surface area (Å²) in [6.07, 6.45) is -1.83. The lowest BCUT2D eigenvalue weighted by Crippen LogP contribution is -1.85. The second-order valence-electron chi connectivity index (χ2n) is 2.18. The lowest BCUT2D eigenvalue weighted by Gasteiger charge is -1.94. The number of nitrogen functional groups attached to an aromatic ring is 1. The maximum Gasteiger partial charge on any atom is 0.503 e. The van der Waals surface area contributed by atoms with E-state index >= 15 is 0 Å². The summed E-state index contributed by atoms with van der Waals surface area (Å²) >= 11 is 0. The van der Waals surface area contributed by atoms with Gasteiger partial charge in [-0.1, -0.05) is 12.1 Å². The number of aliphatic hydroxyl groups is 1. The van der Waals surface area contributed by atoms with Crippen molar-refractivity contribution in [2.24, 2.45) is 0 Å². The fourth-order valence-electron chi connectivity index (χ4n) is 0.623. The van der Waals surface area contributed by atoms with E-state index in [1.54, 1.807) is 24.3 Å². The van der Waals surface area contributed by atoms with Crippen LogP contribution in [0.25, 0.3) is 0 Å². The van der Waals surface area contributed by atoms with Gasteiger partial charge in [-0.15, -0.1) is 0 Å². The van der Waals surface area contributed by atoms with E-state index in [-0.39, 0.29) is 6.61 Å². The molecule has 0 spiro atoms. The Morgan fingerprint density at radius 1 is 1.23 bits per heavy atom. The van der Waals surface area contributed by atoms with E-state index in [2.05, 4.69) is 0 Å². The molecule has 0 amide bonds. The Bertz CT molecular complexity index is 253. The van der Waals surface area contributed by atoms with Crippen LogP contribution in [0.1, 0.15) is 5.56 Å². The highest BCUT2D eigenvalue weighted by molar-refractivity contribution is 5.53. The number of anilines is 1. The van der Waals surface area contributed by atoms with Crippen molar-refractivity contribution in [1.29, 1.82) is 0 Å². The molecule has 5 heteroatoms. The molecular weight excluding hydrogens is 174 g/mol. The Morgan fingerprint density at radius 2 is 1.62 bits per heavy atom. The lowest BCUT2D eigenvalue weighted by molar-refractivity contribution is 0.137. The van der Waals surface area contributed by atoms with Crippen LogP contribution in [0, 0.1) is 0 Å². The minimum atomic E-state index is -1.83. The molecule has 0 aromatic heterocycles. The fraction of sp³-hybridized carbons (Fsp3) is 0.125. The van der Waals surface area contributed by atoms with Crippen molar-refractivity contribution in [3.05, 3.63) is 29.8 Å². The molecule has 0 radical (unpaired) electrons. The fourth-order valence-corrected chi connectivity index (χ4v) is 0.623. The third-order valence-electron chi connectivity index (χ3n) is 1.16. The highest BCUT2D eigenvalue weighted by Crippen LogP contribution is 2.03. The van der Waals surface area contributed by atoms with Crippen molar-refractivity contribution < 1.29 is 20.1 Å². The first-order chi connectivity index (χ1) is 6.06. The van der Waals surface area contributed by atoms with Crippen molar-refractivity contribution in [2.75, 3.05) is 5.73 Å². The highest BCUT2D eigenvalue weighted by atomic mass is 16.6. The Balaban J connectivity index is 0.000000310. The van der Waals surface area contributed by atoms with Crippen LogP contribution in [0.3, 0.4) is 0 Å². The molecule has 5 nitrogen and oxygen atoms in total. The van der Waals surface area contributed by atoms with Crippen LogP contribution in [0.15, 0.2) is 24.3 Å². The van der Waals surface area contributed by atoms with Crippen LogP contribution in [0.4, 0.5) is 10.5 Å². The quantitative estimate of drug-likeness (QED) is 0.488. The minimum Gasteiger partial charge on any atom is -0.450 e. The van der Waals surface area contributed by atoms with Gasteiger partial charge >= 0.3 is 6.16 Å². The summed E-state index contributed by atoms with van der Waals surface area (Å²) in [7, 11) is 0. The number of hydrogen-bond acceptors (Lipinski definition) is 3. The summed E-state index contributed by atoms with van der Waals surface area (Å²) in [4.78, 5) is 8.56. The zero-order chi connectivity index (χ0) is 10.3. The normalized spacial score (nSPS) is 8.38. The smallest absolute Gasteiger partial charge is 0.450 e. The molecule has 1 rings (SSSR count). The van der Waals surface area contributed by atoms with Gasteiger partial charge in [-0.25, -0.2) is 4.79 Å². The van der Waals surface area contributed by atoms with Gasteiger partial charge in [-0.3, -0.25) is 0 Å². The average molecular weight is 185 g/mol. The van der Waals surface area contributed by atoms with Gasteiger partial charge in [0.25, 0.3) is 0 Å². The predicted octanol–water partition coefficient (Wildman–Crippen LogP) is 0.984. The lowest BCUT2D eigenvalue weighted by atomic mass is 10.2. The summed E-state index contributed by atoms with van der Waals surface area (Å²) in [5, 5.41) is 22.5. The molecule has 0 aliphatic carbocycles. The summed E-state index contributed by atoms with van der Waals surface area (Å²) in [6, 6.07) is 7.14. The molecule has 0 fully saturated rings. The van der Waals surface area contributed by atoms with Crippen molar-refractivity contribution in [3.63, 3.8) is 0 Å². The Kier molecular flexibility index (Phi) is 5.06. The van der Waals surface area contributed by atoms with Crippen molar-refractivity contribution in [1.82, 2.24) is 0 Å². The summed E-state index contributed by atoms with van der Waals surface area (Å²) in [5.41, 5.74) is 7.02. The first-order valence-corrected chi connectivity index (χ1v) is 3.43. The van der Waals surface area contributed by atoms with Gasteiger partial charge in [0.2, 0.25) is 0 Å². The number of nitrogens with two attached hydrogens (primary N) is 1. The molecule has 0 unspecified atom stereocenters. The zero-order valence-corrected chi connectivity index (χ0v) is 6.84. The van der Waals surface area contributed by atoms with Gasteiger partial charge < -0.3 is 21.1 Å². The summed E-state index contributed by atoms with van der Waals surface area (Å²) < 4.78 is 0. The number of hydrogen-bond donors (Lipinski definition) is 4. The highest BCUT2D eigenvalue weighted by Gasteiger charge is 1.86. The second-order valence-corrected chi connectivity index (χ2v) is 2.18. The molecule has 0 saturated heterocycles. The van der Waals surface area contributed by atoms with Gasteiger partial charge in [0.05, 0.1) is 6.61 Å². The van der Waals surface area contributed by atoms with E-state index in [0.717, 1.165) is 11.3 Å². The number of aliphatic hydroxyl groups excluding tert-OH is 1. The summed E-state index contributed by atoms with van der Waals surface area (Å²) in [5.74, 6) is 0. The first-order valence-electron chi connectivity index (χ1n) is 3.43. The van der Waals surface area contributed by atoms with E-state index in [9.17, 15) is 0 Å². The van der Waals surface area contributed by atoms with Crippen molar-refractivity contribution in [3.8, 4) is 0 Å². The number of rotatable bonds is 1. The van der Waals surface area contributed by atoms with E-state index in [1.165, 1.54) is 0 Å². The van der Waals surface area contributed by atoms with Gasteiger partial charge in [0, 0.05) is 5.69 Å². The largest absolute Gasteiger partial charge is 0.503 e. The van der Waals surface area contributed by atoms with E-state index < -0.39 is 6.16 Å².